The summed E-state index contributed by atoms with van der Waals surface area (Å²) < 4.78 is 87.4. The molecule has 14 nitrogen and oxygen atoms in total. The van der Waals surface area contributed by atoms with Gasteiger partial charge >= 0.3 is 14.0 Å². The molecule has 1 saturated heterocycles. The Morgan fingerprint density at radius 3 is 2.10 bits per heavy atom. The smallest absolute Gasteiger partial charge is 0.387 e. The third kappa shape index (κ3) is 15.6. The van der Waals surface area contributed by atoms with Crippen LogP contribution in [0.4, 0.5) is 23.4 Å². The maximum Gasteiger partial charge on any atom is 0.472 e. The SMILES string of the molecule is N#Cc1cc(F)cc(CO[C@H](CCCCCCCCCCCCCCCCCCC(F)(F)F)COP(=O)(O)OC[C@@]2(C#N)O[C@@H](c3ccc4c(N)ncnn34)[C@H](O)[C@@H]2O)c1. The molecule has 5 N–H and O–H groups in total. The van der Waals surface area contributed by atoms with Crippen LogP contribution < -0.4 is 5.73 Å². The van der Waals surface area contributed by atoms with Gasteiger partial charge in [-0.15, -0.1) is 0 Å². The van der Waals surface area contributed by atoms with Gasteiger partial charge in [0.2, 0.25) is 5.60 Å². The fraction of sp³-hybridized carbons (Fsp3) is 0.659. The summed E-state index contributed by atoms with van der Waals surface area (Å²) in [5.74, 6) is -0.467. The van der Waals surface area contributed by atoms with Crippen LogP contribution in [0.1, 0.15) is 138 Å². The molecule has 0 radical (unpaired) electrons. The van der Waals surface area contributed by atoms with Gasteiger partial charge in [0.25, 0.3) is 0 Å². The van der Waals surface area contributed by atoms with E-state index < -0.39 is 69.5 Å². The zero-order chi connectivity index (χ0) is 43.6. The van der Waals surface area contributed by atoms with Crippen LogP contribution in [-0.4, -0.2) is 73.0 Å². The van der Waals surface area contributed by atoms with E-state index in [2.05, 4.69) is 10.1 Å². The van der Waals surface area contributed by atoms with E-state index in [4.69, 9.17) is 24.3 Å². The monoisotopic (exact) mass is 868 g/mol. The van der Waals surface area contributed by atoms with Crippen molar-refractivity contribution in [3.8, 4) is 12.1 Å². The summed E-state index contributed by atoms with van der Waals surface area (Å²) in [6.07, 6.45) is 6.64. The van der Waals surface area contributed by atoms with Crippen LogP contribution in [0.3, 0.4) is 0 Å². The number of nitrogens with zero attached hydrogens (tertiary/aromatic N) is 5. The van der Waals surface area contributed by atoms with Crippen molar-refractivity contribution in [2.75, 3.05) is 18.9 Å². The van der Waals surface area contributed by atoms with Gasteiger partial charge in [-0.3, -0.25) is 9.05 Å². The minimum atomic E-state index is -4.91. The molecule has 4 rings (SSSR count). The number of phosphoric ester groups is 1. The van der Waals surface area contributed by atoms with Gasteiger partial charge in [0.05, 0.1) is 36.6 Å². The summed E-state index contributed by atoms with van der Waals surface area (Å²) >= 11 is 0. The molecule has 0 amide bonds. The number of aliphatic hydroxyl groups is 2. The molecular formula is C41H57F4N6O8P. The predicted octanol–water partition coefficient (Wildman–Crippen LogP) is 8.68. The minimum Gasteiger partial charge on any atom is -0.387 e. The summed E-state index contributed by atoms with van der Waals surface area (Å²) in [7, 11) is -4.91. The molecule has 0 bridgehead atoms. The number of ether oxygens (including phenoxy) is 2. The maximum atomic E-state index is 14.1. The molecule has 1 aromatic carbocycles. The number of rotatable bonds is 28. The van der Waals surface area contributed by atoms with E-state index >= 15 is 0 Å². The summed E-state index contributed by atoms with van der Waals surface area (Å²) in [6.45, 7) is -1.47. The third-order valence-electron chi connectivity index (χ3n) is 10.6. The second-order valence-electron chi connectivity index (χ2n) is 15.4. The van der Waals surface area contributed by atoms with Gasteiger partial charge in [0, 0.05) is 6.42 Å². The molecule has 0 aliphatic carbocycles. The first-order valence-electron chi connectivity index (χ1n) is 20.7. The van der Waals surface area contributed by atoms with E-state index in [1.54, 1.807) is 12.1 Å². The minimum absolute atomic E-state index is 0.107. The molecule has 0 spiro atoms. The molecule has 0 saturated carbocycles. The normalized spacial score (nSPS) is 20.9. The van der Waals surface area contributed by atoms with Gasteiger partial charge in [-0.2, -0.15) is 28.8 Å². The zero-order valence-electron chi connectivity index (χ0n) is 33.8. The lowest BCUT2D eigenvalue weighted by atomic mass is 9.96. The Hall–Kier alpha value is -3.71. The van der Waals surface area contributed by atoms with Crippen molar-refractivity contribution in [3.63, 3.8) is 0 Å². The second kappa shape index (κ2) is 24.1. The van der Waals surface area contributed by atoms with Gasteiger partial charge in [0.15, 0.2) is 5.82 Å². The zero-order valence-corrected chi connectivity index (χ0v) is 34.7. The molecule has 332 valence electrons. The highest BCUT2D eigenvalue weighted by Crippen LogP contribution is 2.48. The van der Waals surface area contributed by atoms with E-state index in [0.717, 1.165) is 89.5 Å². The van der Waals surface area contributed by atoms with Crippen LogP contribution in [0.5, 0.6) is 0 Å². The summed E-state index contributed by atoms with van der Waals surface area (Å²) in [6, 6.07) is 10.5. The average molecular weight is 869 g/mol. The molecule has 1 fully saturated rings. The van der Waals surface area contributed by atoms with Crippen molar-refractivity contribution in [3.05, 3.63) is 59.3 Å². The number of unbranched alkanes of at least 4 members (excludes halogenated alkanes) is 15. The first-order chi connectivity index (χ1) is 28.7. The number of nitrogens with two attached hydrogens (primary N) is 1. The number of nitrogen functional groups attached to an aromatic ring is 1. The Morgan fingerprint density at radius 2 is 1.52 bits per heavy atom. The molecule has 19 heteroatoms. The van der Waals surface area contributed by atoms with Gasteiger partial charge < -0.3 is 30.3 Å². The van der Waals surface area contributed by atoms with E-state index in [1.165, 1.54) is 29.0 Å². The average Bonchev–Trinajstić information content (AvgIpc) is 3.75. The molecule has 2 aromatic heterocycles. The van der Waals surface area contributed by atoms with E-state index in [1.807, 2.05) is 6.07 Å². The number of hydrogen-bond donors (Lipinski definition) is 4. The predicted molar refractivity (Wildman–Crippen MR) is 212 cm³/mol. The van der Waals surface area contributed by atoms with Crippen LogP contribution in [-0.2, 0) is 29.7 Å². The Morgan fingerprint density at radius 1 is 0.917 bits per heavy atom. The number of fused-ring (bicyclic) bond motifs is 1. The largest absolute Gasteiger partial charge is 0.472 e. The Balaban J connectivity index is 1.18. The van der Waals surface area contributed by atoms with Crippen LogP contribution in [0.25, 0.3) is 5.52 Å². The first kappa shape index (κ1) is 49.0. The van der Waals surface area contributed by atoms with E-state index in [-0.39, 0.29) is 30.1 Å². The number of anilines is 1. The quantitative estimate of drug-likeness (QED) is 0.0305. The van der Waals surface area contributed by atoms with Crippen LogP contribution in [0, 0.1) is 28.5 Å². The lowest BCUT2D eigenvalue weighted by Crippen LogP contribution is -2.45. The van der Waals surface area contributed by atoms with E-state index in [9.17, 15) is 47.8 Å². The number of halogens is 4. The topological polar surface area (TPSA) is 218 Å². The van der Waals surface area contributed by atoms with Gasteiger partial charge in [-0.1, -0.05) is 96.3 Å². The fourth-order valence-corrected chi connectivity index (χ4v) is 8.05. The van der Waals surface area contributed by atoms with Crippen LogP contribution >= 0.6 is 7.82 Å². The number of phosphoric acid groups is 1. The van der Waals surface area contributed by atoms with Crippen LogP contribution in [0.2, 0.25) is 0 Å². The molecule has 3 heterocycles. The number of alkyl halides is 3. The van der Waals surface area contributed by atoms with Crippen molar-refractivity contribution in [1.82, 2.24) is 14.6 Å². The van der Waals surface area contributed by atoms with Crippen molar-refractivity contribution in [2.45, 2.75) is 158 Å². The highest BCUT2D eigenvalue weighted by Gasteiger charge is 2.57. The van der Waals surface area contributed by atoms with Gasteiger partial charge in [-0.25, -0.2) is 18.5 Å². The first-order valence-corrected chi connectivity index (χ1v) is 22.2. The molecule has 1 unspecified atom stereocenters. The van der Waals surface area contributed by atoms with Crippen molar-refractivity contribution < 1.29 is 55.8 Å². The Kier molecular flexibility index (Phi) is 19.6. The van der Waals surface area contributed by atoms with Crippen molar-refractivity contribution >= 4 is 19.2 Å². The second-order valence-corrected chi connectivity index (χ2v) is 16.9. The highest BCUT2D eigenvalue weighted by molar-refractivity contribution is 7.47. The molecule has 1 aliphatic rings. The number of nitriles is 2. The third-order valence-corrected chi connectivity index (χ3v) is 11.5. The van der Waals surface area contributed by atoms with Gasteiger partial charge in [0.1, 0.15) is 48.6 Å². The number of aromatic nitrogens is 3. The molecule has 3 aromatic rings. The lowest BCUT2D eigenvalue weighted by molar-refractivity contribution is -0.135. The van der Waals surface area contributed by atoms with Crippen molar-refractivity contribution in [1.29, 1.82) is 10.5 Å². The van der Waals surface area contributed by atoms with Crippen LogP contribution in [0.15, 0.2) is 36.7 Å². The lowest BCUT2D eigenvalue weighted by Gasteiger charge is -2.26. The highest BCUT2D eigenvalue weighted by atomic mass is 31.2. The fourth-order valence-electron chi connectivity index (χ4n) is 7.27. The molecule has 1 aliphatic heterocycles. The number of hydrogen-bond acceptors (Lipinski definition) is 12. The van der Waals surface area contributed by atoms with Gasteiger partial charge in [-0.05, 0) is 48.7 Å². The molecular weight excluding hydrogens is 811 g/mol. The standard InChI is InChI=1S/C41H57F4N6O8P/c42-32-22-30(24-46)21-31(23-32)25-56-33(17-15-13-11-9-7-5-3-1-2-4-6-8-10-12-14-16-20-41(43,44)45)26-57-60(54,55)58-28-40(27-47)38(53)36(52)37(59-40)34-18-19-35-39(48)49-29-50-51(34)35/h18-19,21-23,29,33,36-38,52-53H,1-17,20,25-26,28H2,(H,54,55)(H2,48,49,50)/t33-,36+,37+,38+,40-/m1/s1. The molecule has 6 atom stereocenters. The molecule has 60 heavy (non-hydrogen) atoms. The Labute approximate surface area is 348 Å². The van der Waals surface area contributed by atoms with E-state index in [0.29, 0.717) is 30.3 Å². The summed E-state index contributed by atoms with van der Waals surface area (Å²) in [5.41, 5.74) is 4.76. The summed E-state index contributed by atoms with van der Waals surface area (Å²) in [5, 5.41) is 45.1. The van der Waals surface area contributed by atoms with Crippen molar-refractivity contribution in [2.24, 2.45) is 0 Å². The number of benzene rings is 1. The summed E-state index contributed by atoms with van der Waals surface area (Å²) in [4.78, 5) is 14.5. The Bertz CT molecular complexity index is 1910. The number of aliphatic hydroxyl groups excluding tert-OH is 2. The maximum absolute atomic E-state index is 14.1.